The summed E-state index contributed by atoms with van der Waals surface area (Å²) in [7, 11) is 0. The maximum absolute atomic E-state index is 12.9. The fraction of sp³-hybridized carbons (Fsp3) is 0.250. The normalized spacial score (nSPS) is 17.9. The Labute approximate surface area is 164 Å². The molecule has 0 saturated heterocycles. The van der Waals surface area contributed by atoms with Crippen LogP contribution < -0.4 is 20.8 Å². The van der Waals surface area contributed by atoms with Crippen molar-refractivity contribution < 1.29 is 23.7 Å². The molecule has 1 aromatic heterocycles. The molecule has 1 unspecified atom stereocenters. The van der Waals surface area contributed by atoms with Crippen LogP contribution in [0.2, 0.25) is 0 Å². The molecule has 0 amide bonds. The third kappa shape index (κ3) is 2.95. The SMILES string of the molecule is CCOC(=O)C1=C(C)OC(N)=C(C#N)C1c1cc2cc3c(cc2[nH]c1=O)OCO3. The summed E-state index contributed by atoms with van der Waals surface area (Å²) in [5.41, 5.74) is 6.13. The number of rotatable bonds is 3. The van der Waals surface area contributed by atoms with Gasteiger partial charge in [0.15, 0.2) is 11.5 Å². The minimum Gasteiger partial charge on any atom is -0.463 e. The van der Waals surface area contributed by atoms with Crippen LogP contribution in [0.25, 0.3) is 10.9 Å². The third-order valence-electron chi connectivity index (χ3n) is 4.78. The summed E-state index contributed by atoms with van der Waals surface area (Å²) in [6.07, 6.45) is 0. The van der Waals surface area contributed by atoms with Gasteiger partial charge in [-0.15, -0.1) is 0 Å². The van der Waals surface area contributed by atoms with Crippen molar-refractivity contribution in [3.8, 4) is 17.6 Å². The average molecular weight is 395 g/mol. The van der Waals surface area contributed by atoms with Crippen molar-refractivity contribution >= 4 is 16.9 Å². The molecule has 9 nitrogen and oxygen atoms in total. The maximum atomic E-state index is 12.9. The Balaban J connectivity index is 1.94. The Morgan fingerprint density at radius 2 is 2.07 bits per heavy atom. The van der Waals surface area contributed by atoms with E-state index in [1.165, 1.54) is 6.92 Å². The van der Waals surface area contributed by atoms with Gasteiger partial charge in [0.05, 0.1) is 23.6 Å². The van der Waals surface area contributed by atoms with Crippen LogP contribution in [0.1, 0.15) is 25.3 Å². The number of H-pyrrole nitrogens is 1. The van der Waals surface area contributed by atoms with E-state index in [0.29, 0.717) is 22.4 Å². The topological polar surface area (TPSA) is 137 Å². The fourth-order valence-electron chi connectivity index (χ4n) is 3.49. The van der Waals surface area contributed by atoms with Gasteiger partial charge in [-0.05, 0) is 26.0 Å². The monoisotopic (exact) mass is 395 g/mol. The van der Waals surface area contributed by atoms with E-state index in [0.717, 1.165) is 0 Å². The first-order chi connectivity index (χ1) is 13.9. The highest BCUT2D eigenvalue weighted by atomic mass is 16.7. The first kappa shape index (κ1) is 18.4. The number of nitrogens with zero attached hydrogens (tertiary/aromatic N) is 1. The second kappa shape index (κ2) is 6.91. The van der Waals surface area contributed by atoms with Gasteiger partial charge in [-0.25, -0.2) is 4.79 Å². The summed E-state index contributed by atoms with van der Waals surface area (Å²) in [5.74, 6) is -0.623. The maximum Gasteiger partial charge on any atom is 0.338 e. The summed E-state index contributed by atoms with van der Waals surface area (Å²) in [5, 5.41) is 10.3. The lowest BCUT2D eigenvalue weighted by molar-refractivity contribution is -0.139. The van der Waals surface area contributed by atoms with Crippen molar-refractivity contribution in [3.63, 3.8) is 0 Å². The van der Waals surface area contributed by atoms with Gasteiger partial charge in [-0.2, -0.15) is 5.26 Å². The first-order valence-corrected chi connectivity index (χ1v) is 8.86. The summed E-state index contributed by atoms with van der Waals surface area (Å²) < 4.78 is 21.2. The number of ether oxygens (including phenoxy) is 4. The second-order valence-electron chi connectivity index (χ2n) is 6.46. The zero-order valence-corrected chi connectivity index (χ0v) is 15.7. The molecule has 29 heavy (non-hydrogen) atoms. The van der Waals surface area contributed by atoms with Gasteiger partial charge in [0.25, 0.3) is 5.56 Å². The number of carbonyl (C=O) groups is 1. The Morgan fingerprint density at radius 1 is 1.34 bits per heavy atom. The van der Waals surface area contributed by atoms with Crippen molar-refractivity contribution in [2.75, 3.05) is 13.4 Å². The van der Waals surface area contributed by atoms with Crippen LogP contribution in [0, 0.1) is 11.3 Å². The standard InChI is InChI=1S/C20H17N3O6/c1-3-26-20(25)16-9(2)29-18(22)12(7-21)17(16)11-4-10-5-14-15(28-8-27-14)6-13(10)23-19(11)24/h4-6,17H,3,8,22H2,1-2H3,(H,23,24). The molecule has 0 bridgehead atoms. The van der Waals surface area contributed by atoms with Crippen LogP contribution in [0.4, 0.5) is 0 Å². The largest absolute Gasteiger partial charge is 0.463 e. The number of esters is 1. The molecule has 0 spiro atoms. The molecule has 2 aliphatic rings. The number of aromatic amines is 1. The molecule has 1 aromatic carbocycles. The van der Waals surface area contributed by atoms with Gasteiger partial charge >= 0.3 is 5.97 Å². The second-order valence-corrected chi connectivity index (χ2v) is 6.46. The van der Waals surface area contributed by atoms with E-state index in [1.807, 2.05) is 6.07 Å². The van der Waals surface area contributed by atoms with Crippen molar-refractivity contribution in [1.29, 1.82) is 5.26 Å². The van der Waals surface area contributed by atoms with Crippen molar-refractivity contribution in [2.24, 2.45) is 5.73 Å². The van der Waals surface area contributed by atoms with Gasteiger partial charge in [0.1, 0.15) is 17.4 Å². The summed E-state index contributed by atoms with van der Waals surface area (Å²) >= 11 is 0. The van der Waals surface area contributed by atoms with Crippen molar-refractivity contribution in [2.45, 2.75) is 19.8 Å². The highest BCUT2D eigenvalue weighted by Crippen LogP contribution is 2.40. The molecule has 3 N–H and O–H groups in total. The number of hydrogen-bond donors (Lipinski definition) is 2. The Hall–Kier alpha value is -3.93. The number of nitrogens with one attached hydrogen (secondary N) is 1. The Kier molecular flexibility index (Phi) is 4.39. The minimum absolute atomic E-state index is 0.0377. The quantitative estimate of drug-likeness (QED) is 0.752. The van der Waals surface area contributed by atoms with Gasteiger partial charge in [-0.1, -0.05) is 0 Å². The number of carbonyl (C=O) groups excluding carboxylic acids is 1. The van der Waals surface area contributed by atoms with E-state index in [1.54, 1.807) is 25.1 Å². The van der Waals surface area contributed by atoms with Crippen LogP contribution in [0.5, 0.6) is 11.5 Å². The molecule has 1 atom stereocenters. The molecule has 3 heterocycles. The molecular weight excluding hydrogens is 378 g/mol. The van der Waals surface area contributed by atoms with E-state index in [9.17, 15) is 14.9 Å². The number of nitriles is 1. The first-order valence-electron chi connectivity index (χ1n) is 8.86. The smallest absolute Gasteiger partial charge is 0.338 e. The molecule has 2 aliphatic heterocycles. The van der Waals surface area contributed by atoms with E-state index in [-0.39, 0.29) is 41.8 Å². The van der Waals surface area contributed by atoms with E-state index in [4.69, 9.17) is 24.7 Å². The molecule has 0 aliphatic carbocycles. The minimum atomic E-state index is -1.02. The Morgan fingerprint density at radius 3 is 2.76 bits per heavy atom. The predicted octanol–water partition coefficient (Wildman–Crippen LogP) is 1.90. The van der Waals surface area contributed by atoms with Gasteiger partial charge in [-0.3, -0.25) is 4.79 Å². The van der Waals surface area contributed by atoms with E-state index < -0.39 is 17.4 Å². The van der Waals surface area contributed by atoms with Gasteiger partial charge in [0.2, 0.25) is 12.7 Å². The lowest BCUT2D eigenvalue weighted by Gasteiger charge is -2.26. The number of allylic oxidation sites excluding steroid dienone is 2. The summed E-state index contributed by atoms with van der Waals surface area (Å²) in [4.78, 5) is 28.3. The molecule has 2 aromatic rings. The van der Waals surface area contributed by atoms with Gasteiger partial charge < -0.3 is 29.7 Å². The van der Waals surface area contributed by atoms with Gasteiger partial charge in [0, 0.05) is 17.0 Å². The lowest BCUT2D eigenvalue weighted by Crippen LogP contribution is -2.29. The zero-order chi connectivity index (χ0) is 20.7. The zero-order valence-electron chi connectivity index (χ0n) is 15.7. The van der Waals surface area contributed by atoms with Crippen molar-refractivity contribution in [3.05, 3.63) is 56.9 Å². The molecule has 0 radical (unpaired) electrons. The van der Waals surface area contributed by atoms with Crippen LogP contribution in [-0.2, 0) is 14.3 Å². The van der Waals surface area contributed by atoms with Crippen LogP contribution in [-0.4, -0.2) is 24.4 Å². The lowest BCUT2D eigenvalue weighted by atomic mass is 9.83. The number of fused-ring (bicyclic) bond motifs is 2. The molecule has 9 heteroatoms. The predicted molar refractivity (Wildman–Crippen MR) is 101 cm³/mol. The van der Waals surface area contributed by atoms with E-state index >= 15 is 0 Å². The average Bonchev–Trinajstić information content (AvgIpc) is 3.12. The molecule has 0 fully saturated rings. The van der Waals surface area contributed by atoms with Crippen LogP contribution in [0.15, 0.2) is 45.8 Å². The number of pyridine rings is 1. The highest BCUT2D eigenvalue weighted by molar-refractivity contribution is 5.93. The summed E-state index contributed by atoms with van der Waals surface area (Å²) in [6.45, 7) is 3.41. The number of aromatic nitrogens is 1. The number of nitrogens with two attached hydrogens (primary N) is 1. The van der Waals surface area contributed by atoms with Crippen LogP contribution >= 0.6 is 0 Å². The van der Waals surface area contributed by atoms with Crippen LogP contribution in [0.3, 0.4) is 0 Å². The number of hydrogen-bond acceptors (Lipinski definition) is 8. The fourth-order valence-corrected chi connectivity index (χ4v) is 3.49. The molecule has 148 valence electrons. The molecular formula is C20H17N3O6. The number of benzene rings is 1. The Bertz CT molecular complexity index is 1200. The molecule has 0 saturated carbocycles. The van der Waals surface area contributed by atoms with Crippen molar-refractivity contribution in [1.82, 2.24) is 4.98 Å². The van der Waals surface area contributed by atoms with E-state index in [2.05, 4.69) is 4.98 Å². The molecule has 4 rings (SSSR count). The third-order valence-corrected chi connectivity index (χ3v) is 4.78. The highest BCUT2D eigenvalue weighted by Gasteiger charge is 2.38. The summed E-state index contributed by atoms with van der Waals surface area (Å²) in [6, 6.07) is 6.94.